The lowest BCUT2D eigenvalue weighted by molar-refractivity contribution is -0.137. The molecule has 0 unspecified atom stereocenters. The van der Waals surface area contributed by atoms with Gasteiger partial charge in [0.2, 0.25) is 0 Å². The number of benzene rings is 1. The van der Waals surface area contributed by atoms with E-state index in [9.17, 15) is 22.4 Å². The van der Waals surface area contributed by atoms with E-state index in [0.29, 0.717) is 10.5 Å². The summed E-state index contributed by atoms with van der Waals surface area (Å²) < 4.78 is 51.6. The monoisotopic (exact) mass is 362 g/mol. The summed E-state index contributed by atoms with van der Waals surface area (Å²) in [5, 5.41) is 2.13. The summed E-state index contributed by atoms with van der Waals surface area (Å²) in [6.45, 7) is 0. The summed E-state index contributed by atoms with van der Waals surface area (Å²) in [6, 6.07) is 5.18. The molecule has 0 fully saturated rings. The Balaban J connectivity index is 2.24. The van der Waals surface area contributed by atoms with Crippen LogP contribution in [0.25, 0.3) is 0 Å². The quantitative estimate of drug-likeness (QED) is 0.811. The molecule has 8 heteroatoms. The average Bonchev–Trinajstić information content (AvgIpc) is 2.37. The van der Waals surface area contributed by atoms with Crippen LogP contribution in [0.5, 0.6) is 0 Å². The van der Waals surface area contributed by atoms with Crippen molar-refractivity contribution in [1.29, 1.82) is 0 Å². The fourth-order valence-corrected chi connectivity index (χ4v) is 1.87. The van der Waals surface area contributed by atoms with E-state index < -0.39 is 23.5 Å². The Kier molecular flexibility index (Phi) is 4.26. The first-order valence-corrected chi connectivity index (χ1v) is 6.36. The molecule has 0 spiro atoms. The van der Waals surface area contributed by atoms with Gasteiger partial charge in [0.15, 0.2) is 0 Å². The van der Waals surface area contributed by atoms with Gasteiger partial charge in [0.05, 0.1) is 11.1 Å². The van der Waals surface area contributed by atoms with Gasteiger partial charge in [0.25, 0.3) is 5.91 Å². The number of rotatable bonds is 2. The van der Waals surface area contributed by atoms with Crippen molar-refractivity contribution in [2.45, 2.75) is 6.18 Å². The van der Waals surface area contributed by atoms with Crippen molar-refractivity contribution >= 4 is 27.7 Å². The van der Waals surface area contributed by atoms with E-state index >= 15 is 0 Å². The number of pyridine rings is 1. The number of alkyl halides is 3. The van der Waals surface area contributed by atoms with Crippen LogP contribution in [0.1, 0.15) is 15.9 Å². The molecular weight excluding hydrogens is 356 g/mol. The second-order valence-corrected chi connectivity index (χ2v) is 4.92. The fourth-order valence-electron chi connectivity index (χ4n) is 1.53. The highest BCUT2D eigenvalue weighted by molar-refractivity contribution is 9.10. The number of amides is 1. The summed E-state index contributed by atoms with van der Waals surface area (Å²) in [6.07, 6.45) is -3.64. The van der Waals surface area contributed by atoms with Gasteiger partial charge in [-0.2, -0.15) is 13.2 Å². The van der Waals surface area contributed by atoms with Crippen molar-refractivity contribution in [3.63, 3.8) is 0 Å². The lowest BCUT2D eigenvalue weighted by Crippen LogP contribution is -2.15. The maximum atomic E-state index is 13.6. The van der Waals surface area contributed by atoms with Crippen LogP contribution in [0.15, 0.2) is 41.0 Å². The lowest BCUT2D eigenvalue weighted by Gasteiger charge is -2.09. The molecule has 0 aliphatic carbocycles. The third-order valence-electron chi connectivity index (χ3n) is 2.50. The van der Waals surface area contributed by atoms with Gasteiger partial charge in [-0.25, -0.2) is 9.37 Å². The van der Waals surface area contributed by atoms with Gasteiger partial charge in [0.1, 0.15) is 11.6 Å². The van der Waals surface area contributed by atoms with E-state index in [1.165, 1.54) is 12.1 Å². The van der Waals surface area contributed by atoms with Gasteiger partial charge >= 0.3 is 6.18 Å². The van der Waals surface area contributed by atoms with Crippen LogP contribution in [-0.2, 0) is 6.18 Å². The molecule has 110 valence electrons. The lowest BCUT2D eigenvalue weighted by atomic mass is 10.2. The van der Waals surface area contributed by atoms with Crippen molar-refractivity contribution in [3.8, 4) is 0 Å². The van der Waals surface area contributed by atoms with Crippen LogP contribution in [-0.4, -0.2) is 10.9 Å². The van der Waals surface area contributed by atoms with Crippen molar-refractivity contribution in [2.75, 3.05) is 5.32 Å². The van der Waals surface area contributed by atoms with Crippen molar-refractivity contribution in [3.05, 3.63) is 57.9 Å². The zero-order valence-electron chi connectivity index (χ0n) is 10.2. The van der Waals surface area contributed by atoms with E-state index in [1.807, 2.05) is 0 Å². The molecule has 1 amide bonds. The number of anilines is 1. The van der Waals surface area contributed by atoms with Crippen LogP contribution in [0.2, 0.25) is 0 Å². The minimum Gasteiger partial charge on any atom is -0.306 e. The number of carbonyl (C=O) groups is 1. The first-order chi connectivity index (χ1) is 9.77. The number of carbonyl (C=O) groups excluding carboxylic acids is 1. The van der Waals surface area contributed by atoms with Crippen LogP contribution < -0.4 is 5.32 Å². The van der Waals surface area contributed by atoms with E-state index in [2.05, 4.69) is 26.2 Å². The van der Waals surface area contributed by atoms with E-state index in [-0.39, 0.29) is 11.4 Å². The molecule has 1 aromatic heterocycles. The molecule has 1 N–H and O–H groups in total. The minimum atomic E-state index is -4.55. The Labute approximate surface area is 125 Å². The largest absolute Gasteiger partial charge is 0.416 e. The molecule has 2 rings (SSSR count). The summed E-state index contributed by atoms with van der Waals surface area (Å²) >= 11 is 3.03. The summed E-state index contributed by atoms with van der Waals surface area (Å²) in [7, 11) is 0. The van der Waals surface area contributed by atoms with Gasteiger partial charge in [-0.1, -0.05) is 15.9 Å². The third-order valence-corrected chi connectivity index (χ3v) is 3.00. The van der Waals surface area contributed by atoms with E-state index in [1.54, 1.807) is 0 Å². The fraction of sp³-hybridized carbons (Fsp3) is 0.0769. The molecule has 21 heavy (non-hydrogen) atoms. The Bertz CT molecular complexity index is 688. The first kappa shape index (κ1) is 15.4. The smallest absolute Gasteiger partial charge is 0.306 e. The second-order valence-electron chi connectivity index (χ2n) is 4.01. The average molecular weight is 363 g/mol. The molecule has 0 saturated carbocycles. The van der Waals surface area contributed by atoms with Crippen LogP contribution >= 0.6 is 15.9 Å². The van der Waals surface area contributed by atoms with Gasteiger partial charge < -0.3 is 5.32 Å². The molecule has 0 aliphatic heterocycles. The van der Waals surface area contributed by atoms with E-state index in [4.69, 9.17) is 0 Å². The standard InChI is InChI=1S/C13H7BrF4N2O/c14-8-1-2-9(10(15)6-8)12(21)20-11-5-7(3-4-19-11)13(16,17)18/h1-6H,(H,19,20,21). The van der Waals surface area contributed by atoms with Crippen molar-refractivity contribution < 1.29 is 22.4 Å². The Hall–Kier alpha value is -1.96. The van der Waals surface area contributed by atoms with Gasteiger partial charge in [-0.3, -0.25) is 4.79 Å². The number of hydrogen-bond acceptors (Lipinski definition) is 2. The predicted octanol–water partition coefficient (Wildman–Crippen LogP) is 4.25. The number of nitrogens with zero attached hydrogens (tertiary/aromatic N) is 1. The topological polar surface area (TPSA) is 42.0 Å². The molecule has 0 saturated heterocycles. The first-order valence-electron chi connectivity index (χ1n) is 5.57. The number of nitrogens with one attached hydrogen (secondary N) is 1. The Morgan fingerprint density at radius 2 is 1.90 bits per heavy atom. The summed E-state index contributed by atoms with van der Waals surface area (Å²) in [4.78, 5) is 15.4. The highest BCUT2D eigenvalue weighted by Gasteiger charge is 2.30. The molecule has 2 aromatic rings. The molecule has 0 radical (unpaired) electrons. The third kappa shape index (κ3) is 3.78. The maximum Gasteiger partial charge on any atom is 0.416 e. The maximum absolute atomic E-state index is 13.6. The Morgan fingerprint density at radius 1 is 1.19 bits per heavy atom. The van der Waals surface area contributed by atoms with Crippen molar-refractivity contribution in [1.82, 2.24) is 4.98 Å². The van der Waals surface area contributed by atoms with Crippen LogP contribution in [0.4, 0.5) is 23.4 Å². The van der Waals surface area contributed by atoms with Crippen molar-refractivity contribution in [2.24, 2.45) is 0 Å². The molecule has 3 nitrogen and oxygen atoms in total. The molecule has 0 atom stereocenters. The highest BCUT2D eigenvalue weighted by Crippen LogP contribution is 2.30. The van der Waals surface area contributed by atoms with Crippen LogP contribution in [0.3, 0.4) is 0 Å². The number of hydrogen-bond donors (Lipinski definition) is 1. The minimum absolute atomic E-state index is 0.294. The van der Waals surface area contributed by atoms with E-state index in [0.717, 1.165) is 18.3 Å². The molecule has 0 bridgehead atoms. The van der Waals surface area contributed by atoms with Crippen LogP contribution in [0, 0.1) is 5.82 Å². The van der Waals surface area contributed by atoms with Gasteiger partial charge in [0, 0.05) is 10.7 Å². The summed E-state index contributed by atoms with van der Waals surface area (Å²) in [5.74, 6) is -1.99. The number of halogens is 5. The molecule has 0 aliphatic rings. The number of aromatic nitrogens is 1. The van der Waals surface area contributed by atoms with Gasteiger partial charge in [-0.05, 0) is 30.3 Å². The zero-order valence-corrected chi connectivity index (χ0v) is 11.8. The van der Waals surface area contributed by atoms with Gasteiger partial charge in [-0.15, -0.1) is 0 Å². The molecule has 1 aromatic carbocycles. The highest BCUT2D eigenvalue weighted by atomic mass is 79.9. The SMILES string of the molecule is O=C(Nc1cc(C(F)(F)F)ccn1)c1ccc(Br)cc1F. The predicted molar refractivity (Wildman–Crippen MR) is 71.3 cm³/mol. The summed E-state index contributed by atoms with van der Waals surface area (Å²) in [5.41, 5.74) is -1.25. The normalized spacial score (nSPS) is 11.3. The Morgan fingerprint density at radius 3 is 2.52 bits per heavy atom. The molecular formula is C13H7BrF4N2O. The molecule has 1 heterocycles. The zero-order chi connectivity index (χ0) is 15.6. The second kappa shape index (κ2) is 5.80.